The Morgan fingerprint density at radius 1 is 1.44 bits per heavy atom. The van der Waals surface area contributed by atoms with E-state index < -0.39 is 5.97 Å². The minimum atomic E-state index is -0.976. The first-order valence-electron chi connectivity index (χ1n) is 6.18. The third-order valence-electron chi connectivity index (χ3n) is 3.38. The van der Waals surface area contributed by atoms with Crippen LogP contribution < -0.4 is 5.32 Å². The molecule has 0 atom stereocenters. The Kier molecular flexibility index (Phi) is 4.47. The molecule has 1 fully saturated rings. The topological polar surface area (TPSA) is 62.2 Å². The predicted octanol–water partition coefficient (Wildman–Crippen LogP) is 2.87. The van der Waals surface area contributed by atoms with Crippen molar-refractivity contribution in [3.05, 3.63) is 24.0 Å². The Labute approximate surface area is 111 Å². The van der Waals surface area contributed by atoms with E-state index in [0.717, 1.165) is 18.1 Å². The molecule has 0 bridgehead atoms. The Morgan fingerprint density at radius 2 is 2.17 bits per heavy atom. The van der Waals surface area contributed by atoms with Gasteiger partial charge in [-0.25, -0.2) is 9.78 Å². The van der Waals surface area contributed by atoms with Crippen LogP contribution in [-0.4, -0.2) is 33.6 Å². The fourth-order valence-corrected chi connectivity index (χ4v) is 3.10. The van der Waals surface area contributed by atoms with Gasteiger partial charge >= 0.3 is 5.97 Å². The lowest BCUT2D eigenvalue weighted by Gasteiger charge is -2.29. The number of carboxylic acid groups (broad SMARTS) is 1. The summed E-state index contributed by atoms with van der Waals surface area (Å²) in [4.78, 5) is 15.0. The van der Waals surface area contributed by atoms with Crippen molar-refractivity contribution in [1.82, 2.24) is 4.98 Å². The second-order valence-electron chi connectivity index (χ2n) is 4.56. The highest BCUT2D eigenvalue weighted by Gasteiger charge is 2.21. The number of aromatic nitrogens is 1. The van der Waals surface area contributed by atoms with Crippen molar-refractivity contribution < 1.29 is 9.90 Å². The normalized spacial score (nSPS) is 23.6. The molecule has 2 rings (SSSR count). The maximum atomic E-state index is 11.1. The number of hydrogen-bond donors (Lipinski definition) is 2. The van der Waals surface area contributed by atoms with E-state index in [1.54, 1.807) is 12.1 Å². The maximum absolute atomic E-state index is 11.1. The van der Waals surface area contributed by atoms with Crippen LogP contribution in [0.25, 0.3) is 0 Å². The summed E-state index contributed by atoms with van der Waals surface area (Å²) in [5.74, 6) is -0.976. The molecule has 5 heteroatoms. The van der Waals surface area contributed by atoms with Crippen molar-refractivity contribution >= 4 is 23.4 Å². The molecule has 0 spiro atoms. The number of thioether (sulfide) groups is 1. The van der Waals surface area contributed by atoms with Crippen molar-refractivity contribution in [2.24, 2.45) is 0 Å². The Hall–Kier alpha value is -1.23. The molecule has 1 heterocycles. The third kappa shape index (κ3) is 3.16. The predicted molar refractivity (Wildman–Crippen MR) is 74.4 cm³/mol. The standard InChI is InChI=1S/C13H18N2O2S/c1-18-10-6-4-9(5-7-10)15-11-3-2-8-14-12(11)13(16)17/h2-3,8-10,15H,4-7H2,1H3,(H,16,17). The number of nitrogens with zero attached hydrogens (tertiary/aromatic N) is 1. The highest BCUT2D eigenvalue weighted by atomic mass is 32.2. The van der Waals surface area contributed by atoms with E-state index in [4.69, 9.17) is 5.11 Å². The molecule has 0 unspecified atom stereocenters. The number of carboxylic acids is 1. The second-order valence-corrected chi connectivity index (χ2v) is 5.70. The lowest BCUT2D eigenvalue weighted by molar-refractivity contribution is 0.0691. The Balaban J connectivity index is 2.00. The van der Waals surface area contributed by atoms with Crippen LogP contribution >= 0.6 is 11.8 Å². The van der Waals surface area contributed by atoms with Gasteiger partial charge < -0.3 is 10.4 Å². The molecule has 18 heavy (non-hydrogen) atoms. The smallest absolute Gasteiger partial charge is 0.356 e. The summed E-state index contributed by atoms with van der Waals surface area (Å²) in [6, 6.07) is 3.93. The number of anilines is 1. The van der Waals surface area contributed by atoms with E-state index in [2.05, 4.69) is 16.6 Å². The summed E-state index contributed by atoms with van der Waals surface area (Å²) >= 11 is 1.93. The van der Waals surface area contributed by atoms with Crippen LogP contribution in [0, 0.1) is 0 Å². The van der Waals surface area contributed by atoms with Gasteiger partial charge in [0.15, 0.2) is 5.69 Å². The molecule has 0 aromatic carbocycles. The number of aromatic carboxylic acids is 1. The second kappa shape index (κ2) is 6.09. The Bertz CT molecular complexity index is 417. The molecular weight excluding hydrogens is 248 g/mol. The van der Waals surface area contributed by atoms with Crippen molar-refractivity contribution in [2.45, 2.75) is 37.0 Å². The molecule has 98 valence electrons. The molecule has 0 radical (unpaired) electrons. The van der Waals surface area contributed by atoms with Gasteiger partial charge in [-0.3, -0.25) is 0 Å². The van der Waals surface area contributed by atoms with Crippen LogP contribution in [0.2, 0.25) is 0 Å². The van der Waals surface area contributed by atoms with Gasteiger partial charge in [0.2, 0.25) is 0 Å². The number of hydrogen-bond acceptors (Lipinski definition) is 4. The van der Waals surface area contributed by atoms with Crippen LogP contribution in [0.15, 0.2) is 18.3 Å². The zero-order valence-electron chi connectivity index (χ0n) is 10.4. The molecule has 1 aliphatic carbocycles. The SMILES string of the molecule is CSC1CCC(Nc2cccnc2C(=O)O)CC1. The van der Waals surface area contributed by atoms with Gasteiger partial charge in [-0.1, -0.05) is 0 Å². The van der Waals surface area contributed by atoms with Crippen LogP contribution in [0.3, 0.4) is 0 Å². The minimum Gasteiger partial charge on any atom is -0.476 e. The summed E-state index contributed by atoms with van der Waals surface area (Å²) in [5, 5.41) is 13.2. The van der Waals surface area contributed by atoms with E-state index in [0.29, 0.717) is 11.7 Å². The summed E-state index contributed by atoms with van der Waals surface area (Å²) in [7, 11) is 0. The molecule has 4 nitrogen and oxygen atoms in total. The van der Waals surface area contributed by atoms with E-state index in [9.17, 15) is 4.79 Å². The molecule has 0 amide bonds. The van der Waals surface area contributed by atoms with Crippen molar-refractivity contribution in [3.63, 3.8) is 0 Å². The zero-order chi connectivity index (χ0) is 13.0. The highest BCUT2D eigenvalue weighted by Crippen LogP contribution is 2.29. The summed E-state index contributed by atoms with van der Waals surface area (Å²) < 4.78 is 0. The number of pyridine rings is 1. The third-order valence-corrected chi connectivity index (χ3v) is 4.52. The van der Waals surface area contributed by atoms with Gasteiger partial charge in [-0.2, -0.15) is 11.8 Å². The molecule has 0 saturated heterocycles. The highest BCUT2D eigenvalue weighted by molar-refractivity contribution is 7.99. The van der Waals surface area contributed by atoms with Gasteiger partial charge in [0.05, 0.1) is 5.69 Å². The van der Waals surface area contributed by atoms with E-state index in [-0.39, 0.29) is 5.69 Å². The molecule has 1 aliphatic rings. The fraction of sp³-hybridized carbons (Fsp3) is 0.538. The van der Waals surface area contributed by atoms with Gasteiger partial charge in [0.25, 0.3) is 0 Å². The van der Waals surface area contributed by atoms with E-state index in [1.165, 1.54) is 19.0 Å². The summed E-state index contributed by atoms with van der Waals surface area (Å²) in [6.07, 6.45) is 8.25. The summed E-state index contributed by atoms with van der Waals surface area (Å²) in [5.41, 5.74) is 0.752. The molecular formula is C13H18N2O2S. The van der Waals surface area contributed by atoms with Crippen molar-refractivity contribution in [3.8, 4) is 0 Å². The monoisotopic (exact) mass is 266 g/mol. The average Bonchev–Trinajstić information content (AvgIpc) is 2.40. The van der Waals surface area contributed by atoms with Gasteiger partial charge in [-0.05, 0) is 44.1 Å². The number of nitrogens with one attached hydrogen (secondary N) is 1. The van der Waals surface area contributed by atoms with E-state index in [1.807, 2.05) is 11.8 Å². The van der Waals surface area contributed by atoms with E-state index >= 15 is 0 Å². The van der Waals surface area contributed by atoms with Gasteiger partial charge in [-0.15, -0.1) is 0 Å². The molecule has 1 aromatic rings. The van der Waals surface area contributed by atoms with Crippen LogP contribution in [0.5, 0.6) is 0 Å². The van der Waals surface area contributed by atoms with Crippen LogP contribution in [0.4, 0.5) is 5.69 Å². The van der Waals surface area contributed by atoms with Crippen LogP contribution in [-0.2, 0) is 0 Å². The maximum Gasteiger partial charge on any atom is 0.356 e. The lowest BCUT2D eigenvalue weighted by atomic mass is 9.94. The molecule has 0 aliphatic heterocycles. The lowest BCUT2D eigenvalue weighted by Crippen LogP contribution is -2.28. The first-order valence-corrected chi connectivity index (χ1v) is 7.47. The van der Waals surface area contributed by atoms with Gasteiger partial charge in [0, 0.05) is 17.5 Å². The fourth-order valence-electron chi connectivity index (χ4n) is 2.35. The van der Waals surface area contributed by atoms with Crippen LogP contribution in [0.1, 0.15) is 36.2 Å². The molecule has 2 N–H and O–H groups in total. The minimum absolute atomic E-state index is 0.115. The zero-order valence-corrected chi connectivity index (χ0v) is 11.2. The average molecular weight is 266 g/mol. The summed E-state index contributed by atoms with van der Waals surface area (Å²) in [6.45, 7) is 0. The number of carbonyl (C=O) groups is 1. The first kappa shape index (κ1) is 13.2. The van der Waals surface area contributed by atoms with Crippen molar-refractivity contribution in [2.75, 3.05) is 11.6 Å². The Morgan fingerprint density at radius 3 is 2.78 bits per heavy atom. The number of rotatable bonds is 4. The van der Waals surface area contributed by atoms with Gasteiger partial charge in [0.1, 0.15) is 0 Å². The quantitative estimate of drug-likeness (QED) is 0.877. The van der Waals surface area contributed by atoms with Crippen molar-refractivity contribution in [1.29, 1.82) is 0 Å². The molecule has 1 aromatic heterocycles. The first-order chi connectivity index (χ1) is 8.70. The molecule has 1 saturated carbocycles. The largest absolute Gasteiger partial charge is 0.476 e.